The van der Waals surface area contributed by atoms with Crippen LogP contribution < -0.4 is 4.74 Å². The molecule has 4 aromatic rings. The summed E-state index contributed by atoms with van der Waals surface area (Å²) in [5.74, 6) is 4.40. The summed E-state index contributed by atoms with van der Waals surface area (Å²) in [6.07, 6.45) is 0. The van der Waals surface area contributed by atoms with Crippen LogP contribution in [0.3, 0.4) is 0 Å². The summed E-state index contributed by atoms with van der Waals surface area (Å²) in [7, 11) is 1.49. The van der Waals surface area contributed by atoms with Gasteiger partial charge in [-0.2, -0.15) is 0 Å². The van der Waals surface area contributed by atoms with E-state index in [1.54, 1.807) is 42.5 Å². The van der Waals surface area contributed by atoms with Crippen LogP contribution in [-0.4, -0.2) is 7.11 Å². The lowest BCUT2D eigenvalue weighted by molar-refractivity contribution is 0.411. The van der Waals surface area contributed by atoms with Gasteiger partial charge in [-0.25, -0.2) is 13.2 Å². The molecule has 0 N–H and O–H groups in total. The third kappa shape index (κ3) is 3.95. The van der Waals surface area contributed by atoms with Crippen molar-refractivity contribution in [1.82, 2.24) is 0 Å². The molecule has 0 spiro atoms. The number of ether oxygens (including phenoxy) is 1. The Hall–Kier alpha value is -3.71. The van der Waals surface area contributed by atoms with Gasteiger partial charge < -0.3 is 4.74 Å². The zero-order chi connectivity index (χ0) is 20.4. The molecular weight excluding hydrogens is 373 g/mol. The van der Waals surface area contributed by atoms with Crippen molar-refractivity contribution in [2.75, 3.05) is 7.11 Å². The minimum atomic E-state index is -0.885. The molecule has 142 valence electrons. The van der Waals surface area contributed by atoms with Crippen molar-refractivity contribution < 1.29 is 17.9 Å². The molecule has 0 saturated carbocycles. The van der Waals surface area contributed by atoms with Gasteiger partial charge in [0.05, 0.1) is 7.11 Å². The third-order valence-electron chi connectivity index (χ3n) is 4.60. The van der Waals surface area contributed by atoms with E-state index >= 15 is 0 Å². The molecule has 0 amide bonds. The fraction of sp³-hybridized carbons (Fsp3) is 0.0400. The first-order chi connectivity index (χ1) is 14.0. The molecule has 0 aliphatic heterocycles. The number of hydrogen-bond acceptors (Lipinski definition) is 1. The SMILES string of the molecule is COc1ccc(-c2ccc(C#Cc3ccc4cc(F)c(F)cc4c3)cc2)c(F)c1. The minimum absolute atomic E-state index is 0.358. The monoisotopic (exact) mass is 388 g/mol. The van der Waals surface area contributed by atoms with Gasteiger partial charge in [0.25, 0.3) is 0 Å². The van der Waals surface area contributed by atoms with Gasteiger partial charge in [-0.15, -0.1) is 0 Å². The molecule has 4 aromatic carbocycles. The zero-order valence-corrected chi connectivity index (χ0v) is 15.5. The summed E-state index contributed by atoms with van der Waals surface area (Å²) in [6, 6.07) is 19.4. The molecule has 29 heavy (non-hydrogen) atoms. The number of benzene rings is 4. The van der Waals surface area contributed by atoms with Crippen LogP contribution in [0.25, 0.3) is 21.9 Å². The van der Waals surface area contributed by atoms with Crippen LogP contribution in [0.15, 0.2) is 72.8 Å². The number of halogens is 3. The fourth-order valence-electron chi connectivity index (χ4n) is 3.05. The van der Waals surface area contributed by atoms with Crippen LogP contribution in [0.5, 0.6) is 5.75 Å². The van der Waals surface area contributed by atoms with E-state index < -0.39 is 11.6 Å². The van der Waals surface area contributed by atoms with E-state index in [4.69, 9.17) is 4.74 Å². The van der Waals surface area contributed by atoms with Crippen LogP contribution in [0.2, 0.25) is 0 Å². The molecule has 0 bridgehead atoms. The smallest absolute Gasteiger partial charge is 0.159 e. The van der Waals surface area contributed by atoms with Gasteiger partial charge in [-0.1, -0.05) is 30.0 Å². The highest BCUT2D eigenvalue weighted by Crippen LogP contribution is 2.26. The average molecular weight is 388 g/mol. The Bertz CT molecular complexity index is 1270. The summed E-state index contributed by atoms with van der Waals surface area (Å²) in [5.41, 5.74) is 2.66. The minimum Gasteiger partial charge on any atom is -0.497 e. The normalized spacial score (nSPS) is 10.5. The van der Waals surface area contributed by atoms with Crippen molar-refractivity contribution in [3.05, 3.63) is 101 Å². The van der Waals surface area contributed by atoms with E-state index in [1.165, 1.54) is 19.2 Å². The Morgan fingerprint density at radius 3 is 1.97 bits per heavy atom. The van der Waals surface area contributed by atoms with E-state index in [-0.39, 0.29) is 5.82 Å². The molecule has 0 aliphatic rings. The van der Waals surface area contributed by atoms with Crippen LogP contribution in [-0.2, 0) is 0 Å². The molecule has 1 nitrogen and oxygen atoms in total. The molecule has 0 radical (unpaired) electrons. The maximum Gasteiger partial charge on any atom is 0.159 e. The largest absolute Gasteiger partial charge is 0.497 e. The zero-order valence-electron chi connectivity index (χ0n) is 15.5. The molecule has 0 aromatic heterocycles. The molecular formula is C25H15F3O. The highest BCUT2D eigenvalue weighted by Gasteiger charge is 2.07. The molecule has 4 heteroatoms. The van der Waals surface area contributed by atoms with Crippen LogP contribution in [0.1, 0.15) is 11.1 Å². The number of rotatable bonds is 2. The molecule has 0 fully saturated rings. The van der Waals surface area contributed by atoms with Gasteiger partial charge in [0, 0.05) is 22.8 Å². The van der Waals surface area contributed by atoms with Crippen molar-refractivity contribution in [1.29, 1.82) is 0 Å². The number of hydrogen-bond donors (Lipinski definition) is 0. The highest BCUT2D eigenvalue weighted by atomic mass is 19.2. The van der Waals surface area contributed by atoms with Gasteiger partial charge in [-0.05, 0) is 64.9 Å². The van der Waals surface area contributed by atoms with Gasteiger partial charge in [0.2, 0.25) is 0 Å². The lowest BCUT2D eigenvalue weighted by atomic mass is 10.0. The highest BCUT2D eigenvalue weighted by molar-refractivity contribution is 5.84. The van der Waals surface area contributed by atoms with Gasteiger partial charge in [0.1, 0.15) is 11.6 Å². The quantitative estimate of drug-likeness (QED) is 0.365. The Morgan fingerprint density at radius 2 is 1.28 bits per heavy atom. The second-order valence-electron chi connectivity index (χ2n) is 6.50. The Kier molecular flexibility index (Phi) is 4.97. The lowest BCUT2D eigenvalue weighted by Crippen LogP contribution is -1.88. The van der Waals surface area contributed by atoms with Crippen LogP contribution >= 0.6 is 0 Å². The van der Waals surface area contributed by atoms with E-state index in [0.29, 0.717) is 27.6 Å². The first-order valence-corrected chi connectivity index (χ1v) is 8.88. The predicted molar refractivity (Wildman–Crippen MR) is 108 cm³/mol. The van der Waals surface area contributed by atoms with Gasteiger partial charge in [0.15, 0.2) is 11.6 Å². The first-order valence-electron chi connectivity index (χ1n) is 8.88. The maximum absolute atomic E-state index is 14.2. The topological polar surface area (TPSA) is 9.23 Å². The Balaban J connectivity index is 1.59. The summed E-state index contributed by atoms with van der Waals surface area (Å²) in [5, 5.41) is 1.20. The first kappa shape index (κ1) is 18.6. The van der Waals surface area contributed by atoms with Gasteiger partial charge >= 0.3 is 0 Å². The van der Waals surface area contributed by atoms with Gasteiger partial charge in [-0.3, -0.25) is 0 Å². The number of methoxy groups -OCH3 is 1. The summed E-state index contributed by atoms with van der Waals surface area (Å²) in [4.78, 5) is 0. The summed E-state index contributed by atoms with van der Waals surface area (Å²) < 4.78 is 46.0. The molecule has 0 atom stereocenters. The number of fused-ring (bicyclic) bond motifs is 1. The maximum atomic E-state index is 14.2. The van der Waals surface area contributed by atoms with E-state index in [0.717, 1.165) is 17.2 Å². The fourth-order valence-corrected chi connectivity index (χ4v) is 3.05. The molecule has 0 saturated heterocycles. The predicted octanol–water partition coefficient (Wildman–Crippen LogP) is 6.33. The standard InChI is InChI=1S/C25H15F3O/c1-29-21-10-11-22(23(26)15-21)18-7-4-16(5-8-18)2-3-17-6-9-19-13-24(27)25(28)14-20(19)12-17/h4-15H,1H3. The van der Waals surface area contributed by atoms with E-state index in [2.05, 4.69) is 11.8 Å². The van der Waals surface area contributed by atoms with Crippen molar-refractivity contribution in [3.63, 3.8) is 0 Å². The average Bonchev–Trinajstić information content (AvgIpc) is 2.73. The van der Waals surface area contributed by atoms with Crippen molar-refractivity contribution >= 4 is 10.8 Å². The van der Waals surface area contributed by atoms with E-state index in [1.807, 2.05) is 12.1 Å². The third-order valence-corrected chi connectivity index (χ3v) is 4.60. The van der Waals surface area contributed by atoms with Crippen molar-refractivity contribution in [2.45, 2.75) is 0 Å². The second-order valence-corrected chi connectivity index (χ2v) is 6.50. The van der Waals surface area contributed by atoms with Crippen LogP contribution in [0.4, 0.5) is 13.2 Å². The van der Waals surface area contributed by atoms with E-state index in [9.17, 15) is 13.2 Å². The summed E-state index contributed by atoms with van der Waals surface area (Å²) in [6.45, 7) is 0. The molecule has 0 heterocycles. The molecule has 4 rings (SSSR count). The Morgan fingerprint density at radius 1 is 0.621 bits per heavy atom. The second kappa shape index (κ2) is 7.73. The lowest BCUT2D eigenvalue weighted by Gasteiger charge is -2.06. The van der Waals surface area contributed by atoms with Crippen LogP contribution in [0, 0.1) is 29.3 Å². The molecule has 0 aliphatic carbocycles. The molecule has 0 unspecified atom stereocenters. The summed E-state index contributed by atoms with van der Waals surface area (Å²) >= 11 is 0. The van der Waals surface area contributed by atoms with Crippen molar-refractivity contribution in [3.8, 4) is 28.7 Å². The van der Waals surface area contributed by atoms with Crippen molar-refractivity contribution in [2.24, 2.45) is 0 Å². The Labute approximate surface area is 166 Å².